The Labute approximate surface area is 148 Å². The first-order chi connectivity index (χ1) is 12.3. The minimum atomic E-state index is 0.110. The summed E-state index contributed by atoms with van der Waals surface area (Å²) in [6.07, 6.45) is 4.00. The van der Waals surface area contributed by atoms with E-state index in [0.717, 1.165) is 24.9 Å². The number of nitrogens with one attached hydrogen (secondary N) is 1. The summed E-state index contributed by atoms with van der Waals surface area (Å²) in [6.45, 7) is 0.737. The number of hydrogen-bond donors (Lipinski definition) is 1. The molecule has 25 heavy (non-hydrogen) atoms. The lowest BCUT2D eigenvalue weighted by atomic mass is 9.64. The van der Waals surface area contributed by atoms with Gasteiger partial charge in [0.15, 0.2) is 0 Å². The molecule has 4 rings (SSSR count). The third-order valence-electron chi connectivity index (χ3n) is 5.55. The molecule has 3 aromatic carbocycles. The molecule has 0 spiro atoms. The van der Waals surface area contributed by atoms with E-state index in [0.29, 0.717) is 6.42 Å². The molecule has 3 aromatic rings. The summed E-state index contributed by atoms with van der Waals surface area (Å²) in [4.78, 5) is 12.6. The third kappa shape index (κ3) is 3.17. The summed E-state index contributed by atoms with van der Waals surface area (Å²) in [5, 5.41) is 5.55. The lowest BCUT2D eigenvalue weighted by Gasteiger charge is -2.42. The maximum atomic E-state index is 12.6. The van der Waals surface area contributed by atoms with Crippen LogP contribution in [0.2, 0.25) is 0 Å². The van der Waals surface area contributed by atoms with Gasteiger partial charge in [0, 0.05) is 12.0 Å². The van der Waals surface area contributed by atoms with Gasteiger partial charge in [-0.05, 0) is 34.7 Å². The first-order valence-electron chi connectivity index (χ1n) is 9.06. The van der Waals surface area contributed by atoms with Gasteiger partial charge in [0.05, 0.1) is 6.42 Å². The van der Waals surface area contributed by atoms with Crippen LogP contribution < -0.4 is 5.32 Å². The van der Waals surface area contributed by atoms with E-state index in [-0.39, 0.29) is 11.3 Å². The molecular weight excluding hydrogens is 306 g/mol. The van der Waals surface area contributed by atoms with E-state index in [1.807, 2.05) is 18.2 Å². The number of amides is 1. The van der Waals surface area contributed by atoms with Crippen molar-refractivity contribution >= 4 is 16.7 Å². The molecule has 2 nitrogen and oxygen atoms in total. The van der Waals surface area contributed by atoms with Gasteiger partial charge < -0.3 is 5.32 Å². The largest absolute Gasteiger partial charge is 0.355 e. The van der Waals surface area contributed by atoms with Crippen LogP contribution in [0.4, 0.5) is 0 Å². The van der Waals surface area contributed by atoms with Gasteiger partial charge in [-0.15, -0.1) is 0 Å². The fourth-order valence-corrected chi connectivity index (χ4v) is 3.91. The summed E-state index contributed by atoms with van der Waals surface area (Å²) in [5.74, 6) is 0.110. The first-order valence-corrected chi connectivity index (χ1v) is 9.06. The Morgan fingerprint density at radius 3 is 2.36 bits per heavy atom. The number of rotatable bonds is 5. The molecule has 1 aliphatic rings. The summed E-state index contributed by atoms with van der Waals surface area (Å²) in [7, 11) is 0. The third-order valence-corrected chi connectivity index (χ3v) is 5.55. The Bertz CT molecular complexity index is 875. The second-order valence-electron chi connectivity index (χ2n) is 7.09. The van der Waals surface area contributed by atoms with Gasteiger partial charge >= 0.3 is 0 Å². The highest BCUT2D eigenvalue weighted by molar-refractivity contribution is 5.90. The van der Waals surface area contributed by atoms with E-state index in [2.05, 4.69) is 59.9 Å². The monoisotopic (exact) mass is 329 g/mol. The summed E-state index contributed by atoms with van der Waals surface area (Å²) < 4.78 is 0. The van der Waals surface area contributed by atoms with Gasteiger partial charge in [-0.1, -0.05) is 79.2 Å². The van der Waals surface area contributed by atoms with Crippen molar-refractivity contribution < 1.29 is 4.79 Å². The van der Waals surface area contributed by atoms with Crippen LogP contribution in [0.5, 0.6) is 0 Å². The van der Waals surface area contributed by atoms with Crippen molar-refractivity contribution in [3.8, 4) is 0 Å². The van der Waals surface area contributed by atoms with E-state index in [9.17, 15) is 4.79 Å². The van der Waals surface area contributed by atoms with Crippen molar-refractivity contribution in [3.05, 3.63) is 83.9 Å². The molecule has 1 amide bonds. The molecule has 0 heterocycles. The molecule has 1 aliphatic carbocycles. The van der Waals surface area contributed by atoms with Crippen molar-refractivity contribution in [2.24, 2.45) is 0 Å². The molecule has 0 unspecified atom stereocenters. The van der Waals surface area contributed by atoms with Crippen LogP contribution in [0.3, 0.4) is 0 Å². The Morgan fingerprint density at radius 1 is 0.880 bits per heavy atom. The Kier molecular flexibility index (Phi) is 4.27. The summed E-state index contributed by atoms with van der Waals surface area (Å²) in [5.41, 5.74) is 2.58. The molecule has 126 valence electrons. The lowest BCUT2D eigenvalue weighted by molar-refractivity contribution is -0.120. The van der Waals surface area contributed by atoms with E-state index in [1.54, 1.807) is 0 Å². The predicted molar refractivity (Wildman–Crippen MR) is 103 cm³/mol. The smallest absolute Gasteiger partial charge is 0.224 e. The van der Waals surface area contributed by atoms with Crippen LogP contribution in [0.25, 0.3) is 10.8 Å². The number of benzene rings is 3. The van der Waals surface area contributed by atoms with E-state index in [4.69, 9.17) is 0 Å². The molecule has 0 aromatic heterocycles. The van der Waals surface area contributed by atoms with Crippen LogP contribution in [0.1, 0.15) is 30.4 Å². The zero-order valence-corrected chi connectivity index (χ0v) is 14.4. The number of hydrogen-bond acceptors (Lipinski definition) is 1. The second kappa shape index (κ2) is 6.72. The summed E-state index contributed by atoms with van der Waals surface area (Å²) in [6, 6.07) is 25.0. The molecule has 0 bridgehead atoms. The molecule has 2 heteroatoms. The average Bonchev–Trinajstić information content (AvgIpc) is 2.62. The topological polar surface area (TPSA) is 29.1 Å². The highest BCUT2D eigenvalue weighted by Crippen LogP contribution is 2.43. The molecule has 1 fully saturated rings. The standard InChI is InChI=1S/C23H23NO/c25-22(16-19-10-6-9-18-8-4-5-13-21(18)19)24-17-23(14-7-15-23)20-11-2-1-3-12-20/h1-6,8-13H,7,14-17H2,(H,24,25). The van der Waals surface area contributed by atoms with Crippen molar-refractivity contribution in [2.75, 3.05) is 6.54 Å². The van der Waals surface area contributed by atoms with Crippen LogP contribution >= 0.6 is 0 Å². The normalized spacial score (nSPS) is 15.5. The van der Waals surface area contributed by atoms with Crippen LogP contribution in [-0.2, 0) is 16.6 Å². The molecule has 0 saturated heterocycles. The van der Waals surface area contributed by atoms with E-state index >= 15 is 0 Å². The SMILES string of the molecule is O=C(Cc1cccc2ccccc12)NCC1(c2ccccc2)CCC1. The second-order valence-corrected chi connectivity index (χ2v) is 7.09. The van der Waals surface area contributed by atoms with E-state index < -0.39 is 0 Å². The zero-order chi connectivity index (χ0) is 17.1. The highest BCUT2D eigenvalue weighted by atomic mass is 16.1. The molecule has 0 radical (unpaired) electrons. The molecular formula is C23H23NO. The Morgan fingerprint density at radius 2 is 1.60 bits per heavy atom. The van der Waals surface area contributed by atoms with Gasteiger partial charge in [0.25, 0.3) is 0 Å². The average molecular weight is 329 g/mol. The fraction of sp³-hybridized carbons (Fsp3) is 0.261. The Balaban J connectivity index is 1.46. The molecule has 0 aliphatic heterocycles. The first kappa shape index (κ1) is 15.9. The van der Waals surface area contributed by atoms with Crippen LogP contribution in [0.15, 0.2) is 72.8 Å². The minimum absolute atomic E-state index is 0.110. The summed E-state index contributed by atoms with van der Waals surface area (Å²) >= 11 is 0. The van der Waals surface area contributed by atoms with Gasteiger partial charge in [0.2, 0.25) is 5.91 Å². The predicted octanol–water partition coefficient (Wildman–Crippen LogP) is 4.62. The maximum Gasteiger partial charge on any atom is 0.224 e. The highest BCUT2D eigenvalue weighted by Gasteiger charge is 2.38. The van der Waals surface area contributed by atoms with Gasteiger partial charge in [-0.2, -0.15) is 0 Å². The lowest BCUT2D eigenvalue weighted by Crippen LogP contribution is -2.45. The molecule has 1 saturated carbocycles. The maximum absolute atomic E-state index is 12.6. The number of fused-ring (bicyclic) bond motifs is 1. The van der Waals surface area contributed by atoms with Crippen LogP contribution in [0, 0.1) is 0 Å². The van der Waals surface area contributed by atoms with Gasteiger partial charge in [-0.25, -0.2) is 0 Å². The van der Waals surface area contributed by atoms with Gasteiger partial charge in [-0.3, -0.25) is 4.79 Å². The van der Waals surface area contributed by atoms with Crippen LogP contribution in [-0.4, -0.2) is 12.5 Å². The fourth-order valence-electron chi connectivity index (χ4n) is 3.91. The van der Waals surface area contributed by atoms with E-state index in [1.165, 1.54) is 22.8 Å². The minimum Gasteiger partial charge on any atom is -0.355 e. The molecule has 1 N–H and O–H groups in total. The Hall–Kier alpha value is -2.61. The zero-order valence-electron chi connectivity index (χ0n) is 14.4. The van der Waals surface area contributed by atoms with Gasteiger partial charge in [0.1, 0.15) is 0 Å². The quantitative estimate of drug-likeness (QED) is 0.727. The number of carbonyl (C=O) groups excluding carboxylic acids is 1. The van der Waals surface area contributed by atoms with Crippen molar-refractivity contribution in [1.82, 2.24) is 5.32 Å². The van der Waals surface area contributed by atoms with Crippen molar-refractivity contribution in [1.29, 1.82) is 0 Å². The number of carbonyl (C=O) groups is 1. The molecule has 0 atom stereocenters. The van der Waals surface area contributed by atoms with Crippen molar-refractivity contribution in [3.63, 3.8) is 0 Å². The van der Waals surface area contributed by atoms with Crippen molar-refractivity contribution in [2.45, 2.75) is 31.1 Å².